The first kappa shape index (κ1) is 12.6. The molecule has 1 fully saturated rings. The standard InChI is InChI=1S/C15H15N3O2/c1-2-18-14(19)9-13(15(18)20)17-12-7-3-6-11-10(12)5-4-8-16-11/h3-8,13,17H,2,9H2,1H3. The number of aromatic nitrogens is 1. The predicted molar refractivity (Wildman–Crippen MR) is 76.2 cm³/mol. The van der Waals surface area contributed by atoms with Crippen molar-refractivity contribution >= 4 is 28.4 Å². The van der Waals surface area contributed by atoms with Gasteiger partial charge in [-0.05, 0) is 31.2 Å². The molecule has 1 aliphatic rings. The summed E-state index contributed by atoms with van der Waals surface area (Å²) in [4.78, 5) is 29.4. The van der Waals surface area contributed by atoms with Crippen LogP contribution < -0.4 is 5.32 Å². The molecule has 20 heavy (non-hydrogen) atoms. The zero-order chi connectivity index (χ0) is 14.1. The number of carbonyl (C=O) groups excluding carboxylic acids is 2. The van der Waals surface area contributed by atoms with Gasteiger partial charge in [0.2, 0.25) is 5.91 Å². The van der Waals surface area contributed by atoms with Crippen molar-refractivity contribution in [3.8, 4) is 0 Å². The van der Waals surface area contributed by atoms with Crippen LogP contribution in [0.5, 0.6) is 0 Å². The summed E-state index contributed by atoms with van der Waals surface area (Å²) in [5, 5.41) is 4.13. The molecule has 1 saturated heterocycles. The van der Waals surface area contributed by atoms with Gasteiger partial charge in [-0.3, -0.25) is 19.5 Å². The molecular formula is C15H15N3O2. The first-order chi connectivity index (χ1) is 9.70. The molecule has 2 heterocycles. The Balaban J connectivity index is 1.91. The maximum atomic E-state index is 12.1. The van der Waals surface area contributed by atoms with E-state index in [0.29, 0.717) is 6.54 Å². The van der Waals surface area contributed by atoms with Crippen molar-refractivity contribution in [2.24, 2.45) is 0 Å². The molecule has 1 unspecified atom stereocenters. The number of rotatable bonds is 3. The molecule has 1 atom stereocenters. The summed E-state index contributed by atoms with van der Waals surface area (Å²) in [5.41, 5.74) is 1.70. The van der Waals surface area contributed by atoms with Crippen LogP contribution in [0.4, 0.5) is 5.69 Å². The lowest BCUT2D eigenvalue weighted by molar-refractivity contribution is -0.138. The minimum atomic E-state index is -0.478. The molecule has 1 aromatic carbocycles. The van der Waals surface area contributed by atoms with Crippen LogP contribution in [-0.4, -0.2) is 34.3 Å². The number of nitrogens with zero attached hydrogens (tertiary/aromatic N) is 2. The number of imide groups is 1. The van der Waals surface area contributed by atoms with Crippen molar-refractivity contribution in [3.05, 3.63) is 36.5 Å². The van der Waals surface area contributed by atoms with E-state index in [4.69, 9.17) is 0 Å². The molecule has 2 amide bonds. The summed E-state index contributed by atoms with van der Waals surface area (Å²) in [7, 11) is 0. The average molecular weight is 269 g/mol. The number of hydrogen-bond acceptors (Lipinski definition) is 4. The van der Waals surface area contributed by atoms with E-state index in [0.717, 1.165) is 16.6 Å². The van der Waals surface area contributed by atoms with Crippen LogP contribution >= 0.6 is 0 Å². The van der Waals surface area contributed by atoms with Crippen LogP contribution in [0.3, 0.4) is 0 Å². The van der Waals surface area contributed by atoms with Gasteiger partial charge in [-0.25, -0.2) is 0 Å². The summed E-state index contributed by atoms with van der Waals surface area (Å²) in [5.74, 6) is -0.272. The van der Waals surface area contributed by atoms with Crippen LogP contribution in [0.2, 0.25) is 0 Å². The number of benzene rings is 1. The number of likely N-dealkylation sites (tertiary alicyclic amines) is 1. The summed E-state index contributed by atoms with van der Waals surface area (Å²) >= 11 is 0. The lowest BCUT2D eigenvalue weighted by Crippen LogP contribution is -2.34. The largest absolute Gasteiger partial charge is 0.373 e. The van der Waals surface area contributed by atoms with E-state index in [9.17, 15) is 9.59 Å². The third-order valence-electron chi connectivity index (χ3n) is 3.54. The van der Waals surface area contributed by atoms with Gasteiger partial charge in [-0.1, -0.05) is 6.07 Å². The van der Waals surface area contributed by atoms with Gasteiger partial charge < -0.3 is 5.32 Å². The lowest BCUT2D eigenvalue weighted by Gasteiger charge is -2.15. The fourth-order valence-electron chi connectivity index (χ4n) is 2.55. The van der Waals surface area contributed by atoms with E-state index < -0.39 is 6.04 Å². The lowest BCUT2D eigenvalue weighted by atomic mass is 10.1. The van der Waals surface area contributed by atoms with E-state index in [2.05, 4.69) is 10.3 Å². The molecular weight excluding hydrogens is 254 g/mol. The number of fused-ring (bicyclic) bond motifs is 1. The average Bonchev–Trinajstić information content (AvgIpc) is 2.73. The molecule has 0 saturated carbocycles. The van der Waals surface area contributed by atoms with Gasteiger partial charge in [-0.2, -0.15) is 0 Å². The third-order valence-corrected chi connectivity index (χ3v) is 3.54. The minimum absolute atomic E-state index is 0.117. The van der Waals surface area contributed by atoms with Crippen LogP contribution in [0.1, 0.15) is 13.3 Å². The fraction of sp³-hybridized carbons (Fsp3) is 0.267. The number of nitrogens with one attached hydrogen (secondary N) is 1. The number of hydrogen-bond donors (Lipinski definition) is 1. The number of amides is 2. The molecule has 2 aromatic rings. The van der Waals surface area contributed by atoms with Crippen molar-refractivity contribution in [2.75, 3.05) is 11.9 Å². The molecule has 0 bridgehead atoms. The quantitative estimate of drug-likeness (QED) is 0.863. The van der Waals surface area contributed by atoms with Gasteiger partial charge in [0.05, 0.1) is 11.9 Å². The number of anilines is 1. The van der Waals surface area contributed by atoms with Crippen molar-refractivity contribution in [1.29, 1.82) is 0 Å². The first-order valence-corrected chi connectivity index (χ1v) is 6.65. The molecule has 3 rings (SSSR count). The molecule has 5 nitrogen and oxygen atoms in total. The second-order valence-electron chi connectivity index (χ2n) is 4.75. The molecule has 0 spiro atoms. The normalized spacial score (nSPS) is 18.9. The van der Waals surface area contributed by atoms with Gasteiger partial charge in [-0.15, -0.1) is 0 Å². The molecule has 102 valence electrons. The maximum Gasteiger partial charge on any atom is 0.252 e. The van der Waals surface area contributed by atoms with Gasteiger partial charge in [0, 0.05) is 23.8 Å². The third kappa shape index (κ3) is 2.01. The zero-order valence-corrected chi connectivity index (χ0v) is 11.2. The Kier molecular flexibility index (Phi) is 3.10. The summed E-state index contributed by atoms with van der Waals surface area (Å²) < 4.78 is 0. The van der Waals surface area contributed by atoms with E-state index in [-0.39, 0.29) is 18.2 Å². The summed E-state index contributed by atoms with van der Waals surface area (Å²) in [6.07, 6.45) is 1.94. The van der Waals surface area contributed by atoms with Crippen LogP contribution in [0.25, 0.3) is 10.9 Å². The SMILES string of the molecule is CCN1C(=O)CC(Nc2cccc3ncccc23)C1=O. The second-order valence-corrected chi connectivity index (χ2v) is 4.75. The van der Waals surface area contributed by atoms with Crippen molar-refractivity contribution in [1.82, 2.24) is 9.88 Å². The topological polar surface area (TPSA) is 62.3 Å². The number of likely N-dealkylation sites (N-methyl/N-ethyl adjacent to an activating group) is 1. The smallest absolute Gasteiger partial charge is 0.252 e. The Morgan fingerprint density at radius 2 is 2.15 bits per heavy atom. The van der Waals surface area contributed by atoms with E-state index in [1.807, 2.05) is 30.3 Å². The van der Waals surface area contributed by atoms with Crippen LogP contribution in [0, 0.1) is 0 Å². The molecule has 5 heteroatoms. The highest BCUT2D eigenvalue weighted by Gasteiger charge is 2.37. The second kappa shape index (κ2) is 4.92. The highest BCUT2D eigenvalue weighted by Crippen LogP contribution is 2.24. The van der Waals surface area contributed by atoms with Gasteiger partial charge in [0.25, 0.3) is 5.91 Å². The maximum absolute atomic E-state index is 12.1. The van der Waals surface area contributed by atoms with Gasteiger partial charge in [0.1, 0.15) is 6.04 Å². The highest BCUT2D eigenvalue weighted by atomic mass is 16.2. The Labute approximate surface area is 116 Å². The van der Waals surface area contributed by atoms with Crippen molar-refractivity contribution < 1.29 is 9.59 Å². The molecule has 0 radical (unpaired) electrons. The highest BCUT2D eigenvalue weighted by molar-refractivity contribution is 6.07. The van der Waals surface area contributed by atoms with Crippen molar-refractivity contribution in [3.63, 3.8) is 0 Å². The van der Waals surface area contributed by atoms with Gasteiger partial charge in [0.15, 0.2) is 0 Å². The predicted octanol–water partition coefficient (Wildman–Crippen LogP) is 1.79. The van der Waals surface area contributed by atoms with Crippen LogP contribution in [-0.2, 0) is 9.59 Å². The van der Waals surface area contributed by atoms with E-state index in [1.54, 1.807) is 13.1 Å². The molecule has 0 aliphatic carbocycles. The molecule has 1 aliphatic heterocycles. The van der Waals surface area contributed by atoms with Crippen LogP contribution in [0.15, 0.2) is 36.5 Å². The Hall–Kier alpha value is -2.43. The Bertz CT molecular complexity index is 678. The summed E-state index contributed by atoms with van der Waals surface area (Å²) in [6, 6.07) is 9.03. The number of carbonyl (C=O) groups is 2. The fourth-order valence-corrected chi connectivity index (χ4v) is 2.55. The van der Waals surface area contributed by atoms with E-state index >= 15 is 0 Å². The summed E-state index contributed by atoms with van der Waals surface area (Å²) in [6.45, 7) is 2.23. The molecule has 1 N–H and O–H groups in total. The van der Waals surface area contributed by atoms with E-state index in [1.165, 1.54) is 4.90 Å². The van der Waals surface area contributed by atoms with Crippen molar-refractivity contribution in [2.45, 2.75) is 19.4 Å². The number of pyridine rings is 1. The Morgan fingerprint density at radius 1 is 1.30 bits per heavy atom. The zero-order valence-electron chi connectivity index (χ0n) is 11.2. The van der Waals surface area contributed by atoms with Gasteiger partial charge >= 0.3 is 0 Å². The monoisotopic (exact) mass is 269 g/mol. The Morgan fingerprint density at radius 3 is 2.90 bits per heavy atom. The first-order valence-electron chi connectivity index (χ1n) is 6.65. The minimum Gasteiger partial charge on any atom is -0.373 e. The molecule has 1 aromatic heterocycles.